The fourth-order valence-corrected chi connectivity index (χ4v) is 2.02. The molecule has 1 aromatic heterocycles. The first-order chi connectivity index (χ1) is 8.95. The molecule has 0 aliphatic heterocycles. The predicted octanol–water partition coefficient (Wildman–Crippen LogP) is 1.31. The fraction of sp³-hybridized carbons (Fsp3) is 0.167. The van der Waals surface area contributed by atoms with E-state index in [0.29, 0.717) is 15.9 Å². The van der Waals surface area contributed by atoms with E-state index in [1.165, 1.54) is 14.0 Å². The van der Waals surface area contributed by atoms with Gasteiger partial charge in [-0.2, -0.15) is 0 Å². The predicted molar refractivity (Wildman–Crippen MR) is 73.3 cm³/mol. The summed E-state index contributed by atoms with van der Waals surface area (Å²) in [6.45, 7) is 1.43. The summed E-state index contributed by atoms with van der Waals surface area (Å²) in [4.78, 5) is 25.4. The van der Waals surface area contributed by atoms with E-state index >= 15 is 0 Å². The van der Waals surface area contributed by atoms with Gasteiger partial charge in [-0.15, -0.1) is 0 Å². The summed E-state index contributed by atoms with van der Waals surface area (Å²) in [6, 6.07) is 4.99. The third-order valence-electron chi connectivity index (χ3n) is 2.69. The number of aromatic amines is 1. The molecule has 0 saturated heterocycles. The molecule has 0 radical (unpaired) electrons. The smallest absolute Gasteiger partial charge is 0.335 e. The summed E-state index contributed by atoms with van der Waals surface area (Å²) in [5, 5.41) is 10.00. The van der Waals surface area contributed by atoms with Crippen molar-refractivity contribution in [1.82, 2.24) is 9.55 Å². The molecule has 0 aliphatic carbocycles. The second-order valence-corrected chi connectivity index (χ2v) is 4.78. The molecule has 19 heavy (non-hydrogen) atoms. The number of aromatic nitrogens is 2. The van der Waals surface area contributed by atoms with E-state index in [2.05, 4.69) is 20.9 Å². The van der Waals surface area contributed by atoms with Gasteiger partial charge >= 0.3 is 5.69 Å². The van der Waals surface area contributed by atoms with Gasteiger partial charge in [0, 0.05) is 4.47 Å². The Bertz CT molecular complexity index is 748. The summed E-state index contributed by atoms with van der Waals surface area (Å²) in [5.74, 6) is -0.0165. The minimum atomic E-state index is -0.732. The Labute approximate surface area is 116 Å². The van der Waals surface area contributed by atoms with Crippen molar-refractivity contribution in [2.45, 2.75) is 6.92 Å². The summed E-state index contributed by atoms with van der Waals surface area (Å²) in [7, 11) is 1.45. The number of hydrogen-bond donors (Lipinski definition) is 2. The maximum Gasteiger partial charge on any atom is 0.335 e. The van der Waals surface area contributed by atoms with Crippen LogP contribution in [0.2, 0.25) is 0 Å². The Morgan fingerprint density at radius 1 is 1.37 bits per heavy atom. The van der Waals surface area contributed by atoms with E-state index in [1.54, 1.807) is 18.2 Å². The van der Waals surface area contributed by atoms with Gasteiger partial charge in [-0.1, -0.05) is 15.9 Å². The minimum Gasteiger partial charge on any atom is -0.495 e. The standard InChI is InChI=1S/C12H11BrN2O4/c1-6-10(16)14-12(18)15(11(6)17)8-5-7(13)3-4-9(8)19-2/h3-5,17H,1-2H3,(H,14,16,18). The first-order valence-electron chi connectivity index (χ1n) is 5.34. The largest absolute Gasteiger partial charge is 0.495 e. The number of halogens is 1. The average molecular weight is 327 g/mol. The van der Waals surface area contributed by atoms with Crippen LogP contribution in [0.1, 0.15) is 5.56 Å². The van der Waals surface area contributed by atoms with Crippen LogP contribution in [-0.4, -0.2) is 21.8 Å². The second-order valence-electron chi connectivity index (χ2n) is 3.86. The van der Waals surface area contributed by atoms with E-state index < -0.39 is 17.1 Å². The van der Waals surface area contributed by atoms with E-state index in [1.807, 2.05) is 0 Å². The number of H-pyrrole nitrogens is 1. The minimum absolute atomic E-state index is 0.0571. The van der Waals surface area contributed by atoms with Gasteiger partial charge in [0.25, 0.3) is 5.56 Å². The lowest BCUT2D eigenvalue weighted by atomic mass is 10.2. The molecule has 0 saturated carbocycles. The van der Waals surface area contributed by atoms with Crippen molar-refractivity contribution in [3.63, 3.8) is 0 Å². The first-order valence-corrected chi connectivity index (χ1v) is 6.14. The number of rotatable bonds is 2. The number of hydrogen-bond acceptors (Lipinski definition) is 4. The van der Waals surface area contributed by atoms with Crippen molar-refractivity contribution in [2.75, 3.05) is 7.11 Å². The molecule has 7 heteroatoms. The second kappa shape index (κ2) is 4.93. The van der Waals surface area contributed by atoms with Crippen molar-refractivity contribution < 1.29 is 9.84 Å². The summed E-state index contributed by atoms with van der Waals surface area (Å²) < 4.78 is 6.84. The molecular formula is C12H11BrN2O4. The quantitative estimate of drug-likeness (QED) is 0.871. The van der Waals surface area contributed by atoms with Gasteiger partial charge in [0.2, 0.25) is 5.88 Å². The van der Waals surface area contributed by atoms with Gasteiger partial charge in [0.05, 0.1) is 18.4 Å². The normalized spacial score (nSPS) is 10.5. The molecule has 0 fully saturated rings. The number of nitrogens with zero attached hydrogens (tertiary/aromatic N) is 1. The first kappa shape index (κ1) is 13.4. The van der Waals surface area contributed by atoms with E-state index in [4.69, 9.17) is 4.74 Å². The molecule has 2 N–H and O–H groups in total. The third-order valence-corrected chi connectivity index (χ3v) is 3.19. The van der Waals surface area contributed by atoms with Crippen molar-refractivity contribution in [2.24, 2.45) is 0 Å². The van der Waals surface area contributed by atoms with Gasteiger partial charge in [-0.3, -0.25) is 9.78 Å². The van der Waals surface area contributed by atoms with Gasteiger partial charge in [0.1, 0.15) is 5.75 Å². The lowest BCUT2D eigenvalue weighted by molar-refractivity contribution is 0.400. The molecule has 1 heterocycles. The van der Waals surface area contributed by atoms with Crippen LogP contribution in [-0.2, 0) is 0 Å². The lowest BCUT2D eigenvalue weighted by Gasteiger charge is -2.13. The fourth-order valence-electron chi connectivity index (χ4n) is 1.67. The molecule has 2 rings (SSSR count). The summed E-state index contributed by atoms with van der Waals surface area (Å²) in [6.07, 6.45) is 0. The van der Waals surface area contributed by atoms with Crippen LogP contribution in [0.5, 0.6) is 11.6 Å². The zero-order chi connectivity index (χ0) is 14.2. The van der Waals surface area contributed by atoms with Crippen LogP contribution in [0.3, 0.4) is 0 Å². The number of aromatic hydroxyl groups is 1. The molecule has 0 atom stereocenters. The van der Waals surface area contributed by atoms with Gasteiger partial charge in [0.15, 0.2) is 0 Å². The highest BCUT2D eigenvalue weighted by Gasteiger charge is 2.15. The van der Waals surface area contributed by atoms with Crippen molar-refractivity contribution >= 4 is 15.9 Å². The van der Waals surface area contributed by atoms with E-state index in [9.17, 15) is 14.7 Å². The Balaban J connectivity index is 2.87. The zero-order valence-corrected chi connectivity index (χ0v) is 11.8. The lowest BCUT2D eigenvalue weighted by Crippen LogP contribution is -2.30. The topological polar surface area (TPSA) is 84.3 Å². The number of ether oxygens (including phenoxy) is 1. The van der Waals surface area contributed by atoms with Crippen molar-refractivity contribution in [1.29, 1.82) is 0 Å². The highest BCUT2D eigenvalue weighted by molar-refractivity contribution is 9.10. The maximum atomic E-state index is 11.9. The van der Waals surface area contributed by atoms with Crippen LogP contribution in [0.4, 0.5) is 0 Å². The number of methoxy groups -OCH3 is 1. The molecule has 0 bridgehead atoms. The molecule has 0 unspecified atom stereocenters. The van der Waals surface area contributed by atoms with Gasteiger partial charge in [-0.05, 0) is 25.1 Å². The average Bonchev–Trinajstić information content (AvgIpc) is 2.36. The Kier molecular flexibility index (Phi) is 3.48. The number of benzene rings is 1. The van der Waals surface area contributed by atoms with Crippen LogP contribution in [0.15, 0.2) is 32.3 Å². The van der Waals surface area contributed by atoms with Crippen LogP contribution in [0.25, 0.3) is 5.69 Å². The molecule has 6 nitrogen and oxygen atoms in total. The Morgan fingerprint density at radius 3 is 2.68 bits per heavy atom. The number of nitrogens with one attached hydrogen (secondary N) is 1. The van der Waals surface area contributed by atoms with Crippen LogP contribution >= 0.6 is 15.9 Å². The van der Waals surface area contributed by atoms with Gasteiger partial charge < -0.3 is 9.84 Å². The zero-order valence-electron chi connectivity index (χ0n) is 10.2. The van der Waals surface area contributed by atoms with Crippen LogP contribution < -0.4 is 16.0 Å². The maximum absolute atomic E-state index is 11.9. The third kappa shape index (κ3) is 2.28. The molecule has 1 aromatic carbocycles. The SMILES string of the molecule is COc1ccc(Br)cc1-n1c(O)c(C)c(=O)[nH]c1=O. The summed E-state index contributed by atoms with van der Waals surface area (Å²) in [5.41, 5.74) is -0.961. The molecule has 0 spiro atoms. The van der Waals surface area contributed by atoms with E-state index in [0.717, 1.165) is 4.57 Å². The Hall–Kier alpha value is -2.02. The molecule has 0 amide bonds. The van der Waals surface area contributed by atoms with Crippen LogP contribution in [0, 0.1) is 6.92 Å². The van der Waals surface area contributed by atoms with Crippen molar-refractivity contribution in [3.8, 4) is 17.3 Å². The van der Waals surface area contributed by atoms with Gasteiger partial charge in [-0.25, -0.2) is 9.36 Å². The molecule has 0 aliphatic rings. The molecular weight excluding hydrogens is 316 g/mol. The van der Waals surface area contributed by atoms with Crippen molar-refractivity contribution in [3.05, 3.63) is 49.1 Å². The molecule has 100 valence electrons. The highest BCUT2D eigenvalue weighted by atomic mass is 79.9. The monoisotopic (exact) mass is 326 g/mol. The summed E-state index contributed by atoms with van der Waals surface area (Å²) >= 11 is 3.28. The Morgan fingerprint density at radius 2 is 2.05 bits per heavy atom. The highest BCUT2D eigenvalue weighted by Crippen LogP contribution is 2.28. The van der Waals surface area contributed by atoms with E-state index in [-0.39, 0.29) is 5.56 Å². The molecule has 2 aromatic rings.